The van der Waals surface area contributed by atoms with E-state index < -0.39 is 6.10 Å². The van der Waals surface area contributed by atoms with Gasteiger partial charge in [-0.2, -0.15) is 5.10 Å². The summed E-state index contributed by atoms with van der Waals surface area (Å²) in [7, 11) is 0. The van der Waals surface area contributed by atoms with Crippen molar-refractivity contribution in [2.45, 2.75) is 26.0 Å². The average molecular weight is 268 g/mol. The van der Waals surface area contributed by atoms with Crippen LogP contribution in [0.2, 0.25) is 0 Å². The lowest BCUT2D eigenvalue weighted by Crippen LogP contribution is -2.11. The van der Waals surface area contributed by atoms with E-state index in [4.69, 9.17) is 0 Å². The van der Waals surface area contributed by atoms with Crippen molar-refractivity contribution in [2.24, 2.45) is 0 Å². The molecule has 0 aliphatic rings. The predicted octanol–water partition coefficient (Wildman–Crippen LogP) is 2.12. The maximum absolute atomic E-state index is 10.5. The third kappa shape index (κ3) is 2.28. The van der Waals surface area contributed by atoms with Gasteiger partial charge < -0.3 is 5.11 Å². The molecule has 20 heavy (non-hydrogen) atoms. The van der Waals surface area contributed by atoms with Crippen LogP contribution in [0.4, 0.5) is 0 Å². The van der Waals surface area contributed by atoms with Crippen molar-refractivity contribution >= 4 is 10.8 Å². The van der Waals surface area contributed by atoms with Crippen molar-refractivity contribution in [3.05, 3.63) is 54.4 Å². The van der Waals surface area contributed by atoms with Crippen molar-refractivity contribution in [1.82, 2.24) is 19.7 Å². The van der Waals surface area contributed by atoms with Crippen LogP contribution in [0.25, 0.3) is 10.8 Å². The number of aryl methyl sites for hydroxylation is 1. The van der Waals surface area contributed by atoms with Gasteiger partial charge >= 0.3 is 0 Å². The lowest BCUT2D eigenvalue weighted by molar-refractivity contribution is 0.171. The molecule has 0 spiro atoms. The van der Waals surface area contributed by atoms with Gasteiger partial charge in [-0.15, -0.1) is 0 Å². The molecule has 2 heterocycles. The summed E-state index contributed by atoms with van der Waals surface area (Å²) in [5, 5.41) is 16.6. The van der Waals surface area contributed by atoms with Crippen LogP contribution in [0.1, 0.15) is 24.5 Å². The molecule has 0 amide bonds. The van der Waals surface area contributed by atoms with E-state index in [-0.39, 0.29) is 0 Å². The lowest BCUT2D eigenvalue weighted by Gasteiger charge is -2.12. The quantitative estimate of drug-likeness (QED) is 0.787. The summed E-state index contributed by atoms with van der Waals surface area (Å²) in [5.41, 5.74) is 0.689. The van der Waals surface area contributed by atoms with Crippen molar-refractivity contribution in [3.63, 3.8) is 0 Å². The summed E-state index contributed by atoms with van der Waals surface area (Å²) in [5.74, 6) is 0.773. The lowest BCUT2D eigenvalue weighted by atomic mass is 10.0. The van der Waals surface area contributed by atoms with E-state index in [0.29, 0.717) is 12.1 Å². The topological polar surface area (TPSA) is 63.8 Å². The Balaban J connectivity index is 1.95. The van der Waals surface area contributed by atoms with Gasteiger partial charge in [0.2, 0.25) is 0 Å². The predicted molar refractivity (Wildman–Crippen MR) is 76.1 cm³/mol. The van der Waals surface area contributed by atoms with Crippen molar-refractivity contribution < 1.29 is 5.11 Å². The Morgan fingerprint density at radius 3 is 2.90 bits per heavy atom. The van der Waals surface area contributed by atoms with Gasteiger partial charge in [-0.1, -0.05) is 24.3 Å². The first-order valence-corrected chi connectivity index (χ1v) is 6.68. The molecule has 102 valence electrons. The van der Waals surface area contributed by atoms with Gasteiger partial charge in [0.15, 0.2) is 0 Å². The van der Waals surface area contributed by atoms with E-state index in [0.717, 1.165) is 23.1 Å². The molecular formula is C15H16N4O. The van der Waals surface area contributed by atoms with Gasteiger partial charge in [-0.05, 0) is 18.4 Å². The fourth-order valence-corrected chi connectivity index (χ4v) is 2.39. The second-order valence-electron chi connectivity index (χ2n) is 4.63. The minimum atomic E-state index is -0.685. The molecule has 1 unspecified atom stereocenters. The Kier molecular flexibility index (Phi) is 3.43. The highest BCUT2D eigenvalue weighted by Crippen LogP contribution is 2.24. The number of hydrogen-bond acceptors (Lipinski definition) is 4. The molecule has 5 heteroatoms. The molecule has 0 radical (unpaired) electrons. The monoisotopic (exact) mass is 268 g/mol. The zero-order valence-electron chi connectivity index (χ0n) is 11.3. The molecule has 2 aromatic heterocycles. The molecular weight excluding hydrogens is 252 g/mol. The highest BCUT2D eigenvalue weighted by molar-refractivity contribution is 5.84. The summed E-state index contributed by atoms with van der Waals surface area (Å²) in [6, 6.07) is 9.87. The van der Waals surface area contributed by atoms with Crippen LogP contribution < -0.4 is 0 Å². The molecule has 1 N–H and O–H groups in total. The molecule has 1 aromatic carbocycles. The third-order valence-electron chi connectivity index (χ3n) is 3.39. The van der Waals surface area contributed by atoms with Gasteiger partial charge in [0.25, 0.3) is 0 Å². The third-order valence-corrected chi connectivity index (χ3v) is 3.39. The van der Waals surface area contributed by atoms with Crippen molar-refractivity contribution in [1.29, 1.82) is 0 Å². The molecule has 0 saturated heterocycles. The van der Waals surface area contributed by atoms with Crippen LogP contribution >= 0.6 is 0 Å². The van der Waals surface area contributed by atoms with Crippen molar-refractivity contribution in [2.75, 3.05) is 0 Å². The highest BCUT2D eigenvalue weighted by atomic mass is 16.3. The Bertz CT molecular complexity index is 717. The van der Waals surface area contributed by atoms with Crippen LogP contribution in [-0.4, -0.2) is 24.9 Å². The maximum atomic E-state index is 10.5. The SMILES string of the molecule is CCn1ncnc1CC(O)c1nccc2ccccc12. The van der Waals surface area contributed by atoms with Gasteiger partial charge in [0, 0.05) is 24.5 Å². The Labute approximate surface area is 116 Å². The second kappa shape index (κ2) is 5.38. The normalized spacial score (nSPS) is 12.7. The summed E-state index contributed by atoms with van der Waals surface area (Å²) in [4.78, 5) is 8.53. The molecule has 0 aliphatic heterocycles. The van der Waals surface area contributed by atoms with Gasteiger partial charge in [0.1, 0.15) is 18.3 Å². The zero-order chi connectivity index (χ0) is 13.9. The number of aliphatic hydroxyl groups excluding tert-OH is 1. The van der Waals surface area contributed by atoms with Gasteiger partial charge in [0.05, 0.1) is 5.69 Å². The summed E-state index contributed by atoms with van der Waals surface area (Å²) >= 11 is 0. The first-order valence-electron chi connectivity index (χ1n) is 6.68. The number of aliphatic hydroxyl groups is 1. The summed E-state index contributed by atoms with van der Waals surface area (Å²) in [6.07, 6.45) is 2.97. The first-order chi connectivity index (χ1) is 9.79. The Hall–Kier alpha value is -2.27. The number of hydrogen-bond donors (Lipinski definition) is 1. The number of fused-ring (bicyclic) bond motifs is 1. The maximum Gasteiger partial charge on any atom is 0.138 e. The van der Waals surface area contributed by atoms with Crippen LogP contribution in [0, 0.1) is 0 Å². The van der Waals surface area contributed by atoms with E-state index in [1.165, 1.54) is 6.33 Å². The fourth-order valence-electron chi connectivity index (χ4n) is 2.39. The van der Waals surface area contributed by atoms with E-state index in [1.54, 1.807) is 10.9 Å². The van der Waals surface area contributed by atoms with E-state index in [2.05, 4.69) is 15.1 Å². The molecule has 0 saturated carbocycles. The minimum Gasteiger partial charge on any atom is -0.386 e. The van der Waals surface area contributed by atoms with Gasteiger partial charge in [-0.25, -0.2) is 4.98 Å². The number of nitrogens with zero attached hydrogens (tertiary/aromatic N) is 4. The molecule has 3 rings (SSSR count). The largest absolute Gasteiger partial charge is 0.386 e. The van der Waals surface area contributed by atoms with Crippen LogP contribution in [0.3, 0.4) is 0 Å². The van der Waals surface area contributed by atoms with Crippen LogP contribution in [-0.2, 0) is 13.0 Å². The molecule has 5 nitrogen and oxygen atoms in total. The van der Waals surface area contributed by atoms with Gasteiger partial charge in [-0.3, -0.25) is 9.67 Å². The summed E-state index contributed by atoms with van der Waals surface area (Å²) in [6.45, 7) is 2.74. The van der Waals surface area contributed by atoms with Crippen molar-refractivity contribution in [3.8, 4) is 0 Å². The van der Waals surface area contributed by atoms with E-state index >= 15 is 0 Å². The fraction of sp³-hybridized carbons (Fsp3) is 0.267. The molecule has 0 bridgehead atoms. The Morgan fingerprint density at radius 2 is 2.05 bits per heavy atom. The van der Waals surface area contributed by atoms with E-state index in [1.807, 2.05) is 37.3 Å². The first kappa shape index (κ1) is 12.7. The Morgan fingerprint density at radius 1 is 1.20 bits per heavy atom. The van der Waals surface area contributed by atoms with E-state index in [9.17, 15) is 5.11 Å². The minimum absolute atomic E-state index is 0.412. The average Bonchev–Trinajstić information content (AvgIpc) is 2.93. The number of pyridine rings is 1. The molecule has 1 atom stereocenters. The molecule has 3 aromatic rings. The summed E-state index contributed by atoms with van der Waals surface area (Å²) < 4.78 is 1.79. The standard InChI is InChI=1S/C15H16N4O/c1-2-19-14(17-10-18-19)9-13(20)15-12-6-4-3-5-11(12)7-8-16-15/h3-8,10,13,20H,2,9H2,1H3. The molecule has 0 aliphatic carbocycles. The second-order valence-corrected chi connectivity index (χ2v) is 4.63. The number of rotatable bonds is 4. The molecule has 0 fully saturated rings. The number of benzene rings is 1. The van der Waals surface area contributed by atoms with Crippen LogP contribution in [0.15, 0.2) is 42.9 Å². The highest BCUT2D eigenvalue weighted by Gasteiger charge is 2.16. The number of aromatic nitrogens is 4. The smallest absolute Gasteiger partial charge is 0.138 e. The van der Waals surface area contributed by atoms with Crippen LogP contribution in [0.5, 0.6) is 0 Å². The zero-order valence-corrected chi connectivity index (χ0v) is 11.3.